The monoisotopic (exact) mass is 369 g/mol. The molecule has 4 heteroatoms. The molecule has 0 aliphatic carbocycles. The van der Waals surface area contributed by atoms with Crippen molar-refractivity contribution in [2.45, 2.75) is 13.5 Å². The highest BCUT2D eigenvalue weighted by atomic mass is 127. The van der Waals surface area contributed by atoms with Crippen LogP contribution in [-0.2, 0) is 6.54 Å². The van der Waals surface area contributed by atoms with Crippen LogP contribution in [0.25, 0.3) is 0 Å². The molecule has 0 unspecified atom stereocenters. The fourth-order valence-electron chi connectivity index (χ4n) is 1.70. The van der Waals surface area contributed by atoms with Crippen molar-refractivity contribution >= 4 is 28.8 Å². The molecule has 0 radical (unpaired) electrons. The third kappa shape index (κ3) is 3.76. The van der Waals surface area contributed by atoms with Crippen LogP contribution in [0.5, 0.6) is 5.75 Å². The van der Waals surface area contributed by atoms with E-state index < -0.39 is 0 Å². The summed E-state index contributed by atoms with van der Waals surface area (Å²) in [5.41, 5.74) is 2.71. The molecule has 0 bridgehead atoms. The SMILES string of the molecule is Cc1cc(I)c(O)c(/C=N/Cc2ccc(F)cc2)c1. The molecule has 0 aromatic heterocycles. The molecule has 0 aliphatic heterocycles. The Bertz CT molecular complexity index is 608. The number of aliphatic imine (C=N–C) groups is 1. The summed E-state index contributed by atoms with van der Waals surface area (Å²) in [5, 5.41) is 9.91. The summed E-state index contributed by atoms with van der Waals surface area (Å²) in [6, 6.07) is 10.0. The van der Waals surface area contributed by atoms with E-state index in [1.54, 1.807) is 18.3 Å². The summed E-state index contributed by atoms with van der Waals surface area (Å²) in [7, 11) is 0. The standard InChI is InChI=1S/C15H13FINO/c1-10-6-12(15(19)14(17)7-10)9-18-8-11-2-4-13(16)5-3-11/h2-7,9,19H,8H2,1H3/b18-9+. The molecule has 0 saturated carbocycles. The van der Waals surface area contributed by atoms with Gasteiger partial charge >= 0.3 is 0 Å². The van der Waals surface area contributed by atoms with Crippen LogP contribution >= 0.6 is 22.6 Å². The van der Waals surface area contributed by atoms with Crippen LogP contribution in [0.2, 0.25) is 0 Å². The summed E-state index contributed by atoms with van der Waals surface area (Å²) in [6.45, 7) is 2.43. The number of phenolic OH excluding ortho intramolecular Hbond substituents is 1. The summed E-state index contributed by atoms with van der Waals surface area (Å²) in [5.74, 6) is -0.00679. The molecule has 0 fully saturated rings. The molecule has 0 heterocycles. The van der Waals surface area contributed by atoms with Crippen molar-refractivity contribution in [3.05, 3.63) is 62.5 Å². The lowest BCUT2D eigenvalue weighted by molar-refractivity contribution is 0.470. The summed E-state index contributed by atoms with van der Waals surface area (Å²) >= 11 is 2.09. The van der Waals surface area contributed by atoms with Gasteiger partial charge in [-0.05, 0) is 64.9 Å². The molecule has 1 N–H and O–H groups in total. The lowest BCUT2D eigenvalue weighted by atomic mass is 10.1. The van der Waals surface area contributed by atoms with E-state index in [1.807, 2.05) is 19.1 Å². The van der Waals surface area contributed by atoms with Crippen molar-refractivity contribution in [3.8, 4) is 5.75 Å². The Morgan fingerprint density at radius 2 is 1.95 bits per heavy atom. The summed E-state index contributed by atoms with van der Waals surface area (Å²) in [6.07, 6.45) is 1.65. The lowest BCUT2D eigenvalue weighted by Crippen LogP contribution is -1.89. The molecular weight excluding hydrogens is 356 g/mol. The van der Waals surface area contributed by atoms with E-state index in [4.69, 9.17) is 0 Å². The van der Waals surface area contributed by atoms with Crippen LogP contribution in [0.3, 0.4) is 0 Å². The lowest BCUT2D eigenvalue weighted by Gasteiger charge is -2.03. The smallest absolute Gasteiger partial charge is 0.137 e. The highest BCUT2D eigenvalue weighted by Crippen LogP contribution is 2.24. The minimum atomic E-state index is -0.251. The zero-order chi connectivity index (χ0) is 13.8. The van der Waals surface area contributed by atoms with E-state index in [0.29, 0.717) is 12.1 Å². The number of hydrogen-bond acceptors (Lipinski definition) is 2. The van der Waals surface area contributed by atoms with Gasteiger partial charge < -0.3 is 5.11 Å². The fourth-order valence-corrected chi connectivity index (χ4v) is 2.50. The summed E-state index contributed by atoms with van der Waals surface area (Å²) < 4.78 is 13.5. The number of aryl methyl sites for hydroxylation is 1. The molecule has 0 atom stereocenters. The van der Waals surface area contributed by atoms with Gasteiger partial charge in [0, 0.05) is 11.8 Å². The highest BCUT2D eigenvalue weighted by Gasteiger charge is 2.04. The average molecular weight is 369 g/mol. The van der Waals surface area contributed by atoms with Gasteiger partial charge in [-0.3, -0.25) is 4.99 Å². The minimum absolute atomic E-state index is 0.244. The van der Waals surface area contributed by atoms with Crippen molar-refractivity contribution in [3.63, 3.8) is 0 Å². The molecule has 2 aromatic carbocycles. The van der Waals surface area contributed by atoms with Crippen molar-refractivity contribution in [1.29, 1.82) is 0 Å². The van der Waals surface area contributed by atoms with E-state index in [0.717, 1.165) is 14.7 Å². The van der Waals surface area contributed by atoms with Gasteiger partial charge in [0.15, 0.2) is 0 Å². The minimum Gasteiger partial charge on any atom is -0.506 e. The second-order valence-electron chi connectivity index (χ2n) is 4.28. The molecule has 2 rings (SSSR count). The van der Waals surface area contributed by atoms with Gasteiger partial charge in [-0.2, -0.15) is 0 Å². The Labute approximate surface area is 125 Å². The van der Waals surface area contributed by atoms with Gasteiger partial charge in [0.25, 0.3) is 0 Å². The molecule has 98 valence electrons. The maximum Gasteiger partial charge on any atom is 0.137 e. The van der Waals surface area contributed by atoms with E-state index in [2.05, 4.69) is 27.6 Å². The summed E-state index contributed by atoms with van der Waals surface area (Å²) in [4.78, 5) is 4.27. The Balaban J connectivity index is 2.13. The first-order valence-electron chi connectivity index (χ1n) is 5.79. The second-order valence-corrected chi connectivity index (χ2v) is 5.44. The maximum absolute atomic E-state index is 12.7. The fraction of sp³-hybridized carbons (Fsp3) is 0.133. The third-order valence-electron chi connectivity index (χ3n) is 2.65. The van der Waals surface area contributed by atoms with Gasteiger partial charge in [0.2, 0.25) is 0 Å². The zero-order valence-corrected chi connectivity index (χ0v) is 12.6. The Morgan fingerprint density at radius 1 is 1.26 bits per heavy atom. The van der Waals surface area contributed by atoms with Gasteiger partial charge in [0.05, 0.1) is 10.1 Å². The number of aromatic hydroxyl groups is 1. The topological polar surface area (TPSA) is 32.6 Å². The molecule has 0 aliphatic rings. The number of benzene rings is 2. The van der Waals surface area contributed by atoms with Gasteiger partial charge in [-0.1, -0.05) is 12.1 Å². The molecule has 2 aromatic rings. The van der Waals surface area contributed by atoms with Crippen LogP contribution in [0, 0.1) is 16.3 Å². The second kappa shape index (κ2) is 6.14. The van der Waals surface area contributed by atoms with E-state index in [1.165, 1.54) is 12.1 Å². The van der Waals surface area contributed by atoms with Gasteiger partial charge in [-0.25, -0.2) is 4.39 Å². The number of phenols is 1. The van der Waals surface area contributed by atoms with Crippen molar-refractivity contribution < 1.29 is 9.50 Å². The van der Waals surface area contributed by atoms with Crippen molar-refractivity contribution in [2.75, 3.05) is 0 Å². The first kappa shape index (κ1) is 14.0. The first-order chi connectivity index (χ1) is 9.06. The molecule has 19 heavy (non-hydrogen) atoms. The predicted octanol–water partition coefficient (Wildman–Crippen LogP) is 4.06. The molecular formula is C15H13FINO. The van der Waals surface area contributed by atoms with E-state index in [9.17, 15) is 9.50 Å². The number of rotatable bonds is 3. The number of nitrogens with zero attached hydrogens (tertiary/aromatic N) is 1. The van der Waals surface area contributed by atoms with Crippen LogP contribution in [0.4, 0.5) is 4.39 Å². The van der Waals surface area contributed by atoms with Crippen LogP contribution in [0.1, 0.15) is 16.7 Å². The highest BCUT2D eigenvalue weighted by molar-refractivity contribution is 14.1. The van der Waals surface area contributed by atoms with Crippen LogP contribution in [0.15, 0.2) is 41.4 Å². The van der Waals surface area contributed by atoms with E-state index >= 15 is 0 Å². The van der Waals surface area contributed by atoms with E-state index in [-0.39, 0.29) is 11.6 Å². The van der Waals surface area contributed by atoms with Gasteiger partial charge in [0.1, 0.15) is 11.6 Å². The Hall–Kier alpha value is -1.43. The third-order valence-corrected chi connectivity index (χ3v) is 3.48. The number of hydrogen-bond donors (Lipinski definition) is 1. The van der Waals surface area contributed by atoms with Crippen LogP contribution in [-0.4, -0.2) is 11.3 Å². The predicted molar refractivity (Wildman–Crippen MR) is 83.3 cm³/mol. The molecule has 0 amide bonds. The van der Waals surface area contributed by atoms with Crippen molar-refractivity contribution in [1.82, 2.24) is 0 Å². The largest absolute Gasteiger partial charge is 0.506 e. The maximum atomic E-state index is 12.7. The Kier molecular flexibility index (Phi) is 4.52. The van der Waals surface area contributed by atoms with Crippen LogP contribution < -0.4 is 0 Å². The van der Waals surface area contributed by atoms with Crippen molar-refractivity contribution in [2.24, 2.45) is 4.99 Å². The Morgan fingerprint density at radius 3 is 2.63 bits per heavy atom. The quantitative estimate of drug-likeness (QED) is 0.642. The molecule has 2 nitrogen and oxygen atoms in total. The average Bonchev–Trinajstić information content (AvgIpc) is 2.37. The normalized spacial score (nSPS) is 11.1. The molecule has 0 spiro atoms. The number of halogens is 2. The zero-order valence-electron chi connectivity index (χ0n) is 10.4. The van der Waals surface area contributed by atoms with Gasteiger partial charge in [-0.15, -0.1) is 0 Å². The molecule has 0 saturated heterocycles. The first-order valence-corrected chi connectivity index (χ1v) is 6.87.